The highest BCUT2D eigenvalue weighted by Crippen LogP contribution is 2.24. The molecule has 0 bridgehead atoms. The summed E-state index contributed by atoms with van der Waals surface area (Å²) in [7, 11) is -3.50. The minimum absolute atomic E-state index is 0.00216. The SMILES string of the molecule is CC(C)(C)CCS(=O)(=O)Nc1ccc(Br)cc1/C(N)=N/O. The molecule has 0 amide bonds. The lowest BCUT2D eigenvalue weighted by molar-refractivity contribution is 0.318. The Bertz CT molecular complexity index is 637. The molecule has 1 aromatic rings. The highest BCUT2D eigenvalue weighted by Gasteiger charge is 2.19. The first-order chi connectivity index (χ1) is 9.54. The molecule has 0 unspecified atom stereocenters. The first-order valence-electron chi connectivity index (χ1n) is 6.32. The topological polar surface area (TPSA) is 105 Å². The van der Waals surface area contributed by atoms with Crippen molar-refractivity contribution in [3.8, 4) is 0 Å². The van der Waals surface area contributed by atoms with Crippen LogP contribution in [0.5, 0.6) is 0 Å². The number of benzene rings is 1. The van der Waals surface area contributed by atoms with E-state index in [0.717, 1.165) is 0 Å². The number of nitrogens with two attached hydrogens (primary N) is 1. The maximum absolute atomic E-state index is 12.1. The van der Waals surface area contributed by atoms with Gasteiger partial charge in [0.2, 0.25) is 10.0 Å². The predicted molar refractivity (Wildman–Crippen MR) is 88.1 cm³/mol. The van der Waals surface area contributed by atoms with Crippen LogP contribution < -0.4 is 10.5 Å². The van der Waals surface area contributed by atoms with Crippen molar-refractivity contribution in [2.75, 3.05) is 10.5 Å². The smallest absolute Gasteiger partial charge is 0.232 e. The Kier molecular flexibility index (Phi) is 5.63. The maximum atomic E-state index is 12.1. The van der Waals surface area contributed by atoms with E-state index in [-0.39, 0.29) is 22.7 Å². The molecule has 0 spiro atoms. The highest BCUT2D eigenvalue weighted by molar-refractivity contribution is 9.10. The van der Waals surface area contributed by atoms with E-state index in [2.05, 4.69) is 25.8 Å². The van der Waals surface area contributed by atoms with Gasteiger partial charge in [0.1, 0.15) is 0 Å². The number of nitrogens with one attached hydrogen (secondary N) is 1. The normalized spacial score (nSPS) is 13.2. The monoisotopic (exact) mass is 377 g/mol. The number of halogens is 1. The zero-order valence-electron chi connectivity index (χ0n) is 12.2. The van der Waals surface area contributed by atoms with Crippen LogP contribution in [-0.4, -0.2) is 25.2 Å². The Morgan fingerprint density at radius 2 is 2.05 bits per heavy atom. The molecule has 8 heteroatoms. The first kappa shape index (κ1) is 17.8. The highest BCUT2D eigenvalue weighted by atomic mass is 79.9. The standard InChI is InChI=1S/C13H20BrN3O3S/c1-13(2,3)6-7-21(19,20)17-11-5-4-9(14)8-10(11)12(15)16-18/h4-5,8,17-18H,6-7H2,1-3H3,(H2,15,16). The van der Waals surface area contributed by atoms with Crippen molar-refractivity contribution < 1.29 is 13.6 Å². The molecule has 0 heterocycles. The molecule has 6 nitrogen and oxygen atoms in total. The zero-order valence-corrected chi connectivity index (χ0v) is 14.6. The quantitative estimate of drug-likeness (QED) is 0.317. The van der Waals surface area contributed by atoms with Crippen LogP contribution in [0, 0.1) is 5.41 Å². The molecule has 1 rings (SSSR count). The van der Waals surface area contributed by atoms with Crippen molar-refractivity contribution in [1.82, 2.24) is 0 Å². The second-order valence-electron chi connectivity index (χ2n) is 5.91. The second-order valence-corrected chi connectivity index (χ2v) is 8.66. The van der Waals surface area contributed by atoms with Gasteiger partial charge in [0.05, 0.1) is 11.4 Å². The van der Waals surface area contributed by atoms with Crippen LogP contribution in [0.15, 0.2) is 27.8 Å². The van der Waals surface area contributed by atoms with Crippen LogP contribution in [0.2, 0.25) is 0 Å². The fourth-order valence-corrected chi connectivity index (χ4v) is 3.39. The van der Waals surface area contributed by atoms with E-state index < -0.39 is 10.0 Å². The van der Waals surface area contributed by atoms with E-state index in [1.165, 1.54) is 0 Å². The molecule has 0 aliphatic carbocycles. The maximum Gasteiger partial charge on any atom is 0.232 e. The summed E-state index contributed by atoms with van der Waals surface area (Å²) >= 11 is 3.26. The average Bonchev–Trinajstić information content (AvgIpc) is 2.37. The Morgan fingerprint density at radius 3 is 2.57 bits per heavy atom. The third-order valence-corrected chi connectivity index (χ3v) is 4.52. The van der Waals surface area contributed by atoms with Gasteiger partial charge >= 0.3 is 0 Å². The Labute approximate surface area is 133 Å². The fraction of sp³-hybridized carbons (Fsp3) is 0.462. The number of sulfonamides is 1. The van der Waals surface area contributed by atoms with Gasteiger partial charge < -0.3 is 10.9 Å². The molecule has 0 fully saturated rings. The molecule has 1 aromatic carbocycles. The number of amidine groups is 1. The Balaban J connectivity index is 3.02. The molecule has 0 aromatic heterocycles. The summed E-state index contributed by atoms with van der Waals surface area (Å²) in [4.78, 5) is 0. The van der Waals surface area contributed by atoms with Gasteiger partial charge in [-0.2, -0.15) is 0 Å². The van der Waals surface area contributed by atoms with E-state index in [4.69, 9.17) is 10.9 Å². The zero-order chi connectivity index (χ0) is 16.3. The van der Waals surface area contributed by atoms with Gasteiger partial charge in [-0.25, -0.2) is 8.42 Å². The molecule has 0 saturated carbocycles. The number of oxime groups is 1. The minimum Gasteiger partial charge on any atom is -0.409 e. The summed E-state index contributed by atoms with van der Waals surface area (Å²) < 4.78 is 27.4. The van der Waals surface area contributed by atoms with Gasteiger partial charge in [0.15, 0.2) is 5.84 Å². The van der Waals surface area contributed by atoms with Crippen molar-refractivity contribution in [1.29, 1.82) is 0 Å². The number of nitrogens with zero attached hydrogens (tertiary/aromatic N) is 1. The van der Waals surface area contributed by atoms with Crippen molar-refractivity contribution in [3.05, 3.63) is 28.2 Å². The van der Waals surface area contributed by atoms with Crippen molar-refractivity contribution in [2.45, 2.75) is 27.2 Å². The van der Waals surface area contributed by atoms with Gasteiger partial charge in [0, 0.05) is 10.0 Å². The first-order valence-corrected chi connectivity index (χ1v) is 8.76. The fourth-order valence-electron chi connectivity index (χ4n) is 1.53. The number of hydrogen-bond donors (Lipinski definition) is 3. The Morgan fingerprint density at radius 1 is 1.43 bits per heavy atom. The average molecular weight is 378 g/mol. The molecule has 0 radical (unpaired) electrons. The molecular formula is C13H20BrN3O3S. The third kappa shape index (κ3) is 5.92. The number of hydrogen-bond acceptors (Lipinski definition) is 4. The lowest BCUT2D eigenvalue weighted by Gasteiger charge is -2.18. The molecule has 118 valence electrons. The summed E-state index contributed by atoms with van der Waals surface area (Å²) in [5.41, 5.74) is 6.08. The summed E-state index contributed by atoms with van der Waals surface area (Å²) in [6, 6.07) is 4.82. The third-order valence-electron chi connectivity index (χ3n) is 2.75. The van der Waals surface area contributed by atoms with Gasteiger partial charge in [0.25, 0.3) is 0 Å². The Hall–Kier alpha value is -1.28. The van der Waals surface area contributed by atoms with Crippen molar-refractivity contribution >= 4 is 37.5 Å². The molecule has 0 saturated heterocycles. The molecule has 0 aliphatic rings. The van der Waals surface area contributed by atoms with Gasteiger partial charge in [-0.05, 0) is 30.0 Å². The van der Waals surface area contributed by atoms with Crippen molar-refractivity contribution in [2.24, 2.45) is 16.3 Å². The molecule has 4 N–H and O–H groups in total. The summed E-state index contributed by atoms with van der Waals surface area (Å²) in [5, 5.41) is 11.7. The van der Waals surface area contributed by atoms with Crippen LogP contribution in [0.3, 0.4) is 0 Å². The van der Waals surface area contributed by atoms with Gasteiger partial charge in [-0.15, -0.1) is 0 Å². The lowest BCUT2D eigenvalue weighted by Crippen LogP contribution is -2.23. The molecule has 0 atom stereocenters. The van der Waals surface area contributed by atoms with E-state index >= 15 is 0 Å². The molecule has 21 heavy (non-hydrogen) atoms. The second kappa shape index (κ2) is 6.65. The van der Waals surface area contributed by atoms with Crippen molar-refractivity contribution in [3.63, 3.8) is 0 Å². The van der Waals surface area contributed by atoms with Crippen LogP contribution in [-0.2, 0) is 10.0 Å². The largest absolute Gasteiger partial charge is 0.409 e. The van der Waals surface area contributed by atoms with Crippen LogP contribution in [0.25, 0.3) is 0 Å². The van der Waals surface area contributed by atoms with Crippen LogP contribution in [0.4, 0.5) is 5.69 Å². The van der Waals surface area contributed by atoms with Gasteiger partial charge in [-0.1, -0.05) is 41.9 Å². The van der Waals surface area contributed by atoms with E-state index in [1.54, 1.807) is 18.2 Å². The lowest BCUT2D eigenvalue weighted by atomic mass is 9.94. The summed E-state index contributed by atoms with van der Waals surface area (Å²) in [6.07, 6.45) is 0.526. The van der Waals surface area contributed by atoms with E-state index in [0.29, 0.717) is 16.5 Å². The van der Waals surface area contributed by atoms with Crippen LogP contribution >= 0.6 is 15.9 Å². The summed E-state index contributed by atoms with van der Waals surface area (Å²) in [6.45, 7) is 5.93. The van der Waals surface area contributed by atoms with Gasteiger partial charge in [-0.3, -0.25) is 4.72 Å². The molecule has 0 aliphatic heterocycles. The molecular weight excluding hydrogens is 358 g/mol. The number of anilines is 1. The summed E-state index contributed by atoms with van der Waals surface area (Å²) in [5.74, 6) is -0.160. The predicted octanol–water partition coefficient (Wildman–Crippen LogP) is 2.72. The van der Waals surface area contributed by atoms with Crippen LogP contribution in [0.1, 0.15) is 32.8 Å². The number of rotatable bonds is 5. The minimum atomic E-state index is -3.50. The van der Waals surface area contributed by atoms with E-state index in [1.807, 2.05) is 20.8 Å². The van der Waals surface area contributed by atoms with E-state index in [9.17, 15) is 8.42 Å².